The smallest absolute Gasteiger partial charge is 0.256 e. The van der Waals surface area contributed by atoms with Crippen molar-refractivity contribution in [1.82, 2.24) is 9.80 Å². The number of nitrogens with two attached hydrogens (primary N) is 1. The fraction of sp³-hybridized carbons (Fsp3) is 0.567. The molecule has 8 heteroatoms. The molecule has 1 aromatic carbocycles. The first kappa shape index (κ1) is 28.6. The summed E-state index contributed by atoms with van der Waals surface area (Å²) in [5, 5.41) is 10.8. The highest BCUT2D eigenvalue weighted by Crippen LogP contribution is 2.44. The van der Waals surface area contributed by atoms with Crippen LogP contribution in [0.1, 0.15) is 90.8 Å². The van der Waals surface area contributed by atoms with E-state index in [1.165, 1.54) is 0 Å². The molecule has 38 heavy (non-hydrogen) atoms. The molecule has 0 radical (unpaired) electrons. The molecule has 3 heterocycles. The van der Waals surface area contributed by atoms with Crippen molar-refractivity contribution in [3.63, 3.8) is 0 Å². The third-order valence-corrected chi connectivity index (χ3v) is 10.3. The molecule has 6 nitrogen and oxygen atoms in total. The van der Waals surface area contributed by atoms with E-state index >= 15 is 0 Å². The summed E-state index contributed by atoms with van der Waals surface area (Å²) in [6.45, 7) is 17.4. The van der Waals surface area contributed by atoms with Crippen molar-refractivity contribution in [3.05, 3.63) is 55.2 Å². The molecule has 3 unspecified atom stereocenters. The van der Waals surface area contributed by atoms with E-state index in [1.807, 2.05) is 30.0 Å². The highest BCUT2D eigenvalue weighted by Gasteiger charge is 2.45. The Bertz CT molecular complexity index is 1280. The molecule has 0 spiro atoms. The SMILES string of the molecule is Cc1ccc(C(CC(N)=O)N2CC3CN(C(=O)c4c(C(C)(C)C)sc(C(C)(C)C)c4C#N)CC3C2)cc1Cl. The molecule has 2 N–H and O–H groups in total. The third-order valence-electron chi connectivity index (χ3n) is 7.81. The Kier molecular flexibility index (Phi) is 7.75. The third kappa shape index (κ3) is 5.50. The molecule has 2 aromatic rings. The number of thiophene rings is 1. The van der Waals surface area contributed by atoms with Gasteiger partial charge in [0, 0.05) is 53.4 Å². The summed E-state index contributed by atoms with van der Waals surface area (Å²) in [4.78, 5) is 32.2. The van der Waals surface area contributed by atoms with Gasteiger partial charge < -0.3 is 10.6 Å². The van der Waals surface area contributed by atoms with E-state index in [4.69, 9.17) is 17.3 Å². The summed E-state index contributed by atoms with van der Waals surface area (Å²) >= 11 is 8.02. The van der Waals surface area contributed by atoms with Gasteiger partial charge in [-0.25, -0.2) is 0 Å². The van der Waals surface area contributed by atoms with E-state index in [1.54, 1.807) is 11.3 Å². The van der Waals surface area contributed by atoms with Crippen LogP contribution < -0.4 is 5.73 Å². The number of carbonyl (C=O) groups is 2. The Hall–Kier alpha value is -2.40. The molecule has 2 aliphatic heterocycles. The summed E-state index contributed by atoms with van der Waals surface area (Å²) in [6, 6.07) is 8.20. The number of hydrogen-bond donors (Lipinski definition) is 1. The van der Waals surface area contributed by atoms with Gasteiger partial charge in [0.15, 0.2) is 0 Å². The Labute approximate surface area is 235 Å². The number of primary amides is 1. The van der Waals surface area contributed by atoms with Gasteiger partial charge in [0.05, 0.1) is 11.1 Å². The topological polar surface area (TPSA) is 90.4 Å². The minimum Gasteiger partial charge on any atom is -0.370 e. The molecule has 2 fully saturated rings. The number of aryl methyl sites for hydroxylation is 1. The van der Waals surface area contributed by atoms with Crippen molar-refractivity contribution < 1.29 is 9.59 Å². The summed E-state index contributed by atoms with van der Waals surface area (Å²) in [5.74, 6) is 0.240. The first-order valence-corrected chi connectivity index (χ1v) is 14.5. The van der Waals surface area contributed by atoms with E-state index in [9.17, 15) is 14.9 Å². The molecular formula is C30H39ClN4O2S. The van der Waals surface area contributed by atoms with Gasteiger partial charge in [-0.1, -0.05) is 65.3 Å². The van der Waals surface area contributed by atoms with Crippen LogP contribution in [-0.4, -0.2) is 47.8 Å². The quantitative estimate of drug-likeness (QED) is 0.506. The lowest BCUT2D eigenvalue weighted by Gasteiger charge is -2.30. The number of carbonyl (C=O) groups excluding carboxylic acids is 2. The average molecular weight is 555 g/mol. The van der Waals surface area contributed by atoms with Crippen LogP contribution in [0.4, 0.5) is 0 Å². The zero-order valence-electron chi connectivity index (χ0n) is 23.5. The normalized spacial score (nSPS) is 20.9. The summed E-state index contributed by atoms with van der Waals surface area (Å²) in [7, 11) is 0. The van der Waals surface area contributed by atoms with E-state index in [2.05, 4.69) is 52.5 Å². The van der Waals surface area contributed by atoms with Gasteiger partial charge in [0.25, 0.3) is 5.91 Å². The van der Waals surface area contributed by atoms with Crippen molar-refractivity contribution in [2.45, 2.75) is 71.8 Å². The van der Waals surface area contributed by atoms with Crippen molar-refractivity contribution in [3.8, 4) is 6.07 Å². The van der Waals surface area contributed by atoms with Crippen LogP contribution in [0.15, 0.2) is 18.2 Å². The van der Waals surface area contributed by atoms with Gasteiger partial charge in [0.2, 0.25) is 5.91 Å². The number of benzene rings is 1. The number of hydrogen-bond acceptors (Lipinski definition) is 5. The number of rotatable bonds is 5. The van der Waals surface area contributed by atoms with Gasteiger partial charge in [0.1, 0.15) is 6.07 Å². The molecule has 0 saturated carbocycles. The second-order valence-corrected chi connectivity index (χ2v) is 14.4. The fourth-order valence-electron chi connectivity index (χ4n) is 5.87. The van der Waals surface area contributed by atoms with E-state index in [-0.39, 0.29) is 35.1 Å². The van der Waals surface area contributed by atoms with Crippen molar-refractivity contribution >= 4 is 34.8 Å². The minimum atomic E-state index is -0.341. The number of likely N-dealkylation sites (tertiary alicyclic amines) is 2. The fourth-order valence-corrected chi connectivity index (χ4v) is 7.42. The molecule has 3 atom stereocenters. The molecule has 2 aliphatic rings. The van der Waals surface area contributed by atoms with E-state index < -0.39 is 0 Å². The average Bonchev–Trinajstić information content (AvgIpc) is 3.49. The predicted octanol–water partition coefficient (Wildman–Crippen LogP) is 5.80. The summed E-state index contributed by atoms with van der Waals surface area (Å²) in [5.41, 5.74) is 8.30. The van der Waals surface area contributed by atoms with Crippen LogP contribution in [0.2, 0.25) is 5.02 Å². The first-order valence-electron chi connectivity index (χ1n) is 13.3. The lowest BCUT2D eigenvalue weighted by atomic mass is 9.86. The molecule has 0 bridgehead atoms. The van der Waals surface area contributed by atoms with Crippen LogP contribution in [-0.2, 0) is 15.6 Å². The van der Waals surface area contributed by atoms with Gasteiger partial charge in [-0.15, -0.1) is 11.3 Å². The number of halogens is 1. The maximum absolute atomic E-state index is 14.0. The van der Waals surface area contributed by atoms with Crippen LogP contribution in [0, 0.1) is 30.1 Å². The van der Waals surface area contributed by atoms with Gasteiger partial charge in [-0.3, -0.25) is 14.5 Å². The lowest BCUT2D eigenvalue weighted by Crippen LogP contribution is -2.36. The van der Waals surface area contributed by atoms with E-state index in [0.717, 1.165) is 34.0 Å². The van der Waals surface area contributed by atoms with Gasteiger partial charge in [-0.2, -0.15) is 5.26 Å². The molecule has 0 aliphatic carbocycles. The van der Waals surface area contributed by atoms with Crippen molar-refractivity contribution in [1.29, 1.82) is 5.26 Å². The zero-order valence-corrected chi connectivity index (χ0v) is 25.1. The van der Waals surface area contributed by atoms with Crippen LogP contribution in [0.3, 0.4) is 0 Å². The van der Waals surface area contributed by atoms with Gasteiger partial charge in [-0.05, 0) is 46.8 Å². The lowest BCUT2D eigenvalue weighted by molar-refractivity contribution is -0.119. The number of nitriles is 1. The largest absolute Gasteiger partial charge is 0.370 e. The number of nitrogens with zero attached hydrogens (tertiary/aromatic N) is 3. The highest BCUT2D eigenvalue weighted by molar-refractivity contribution is 7.13. The summed E-state index contributed by atoms with van der Waals surface area (Å²) < 4.78 is 0. The molecule has 2 saturated heterocycles. The van der Waals surface area contributed by atoms with Crippen LogP contribution in [0.5, 0.6) is 0 Å². The van der Waals surface area contributed by atoms with Crippen LogP contribution >= 0.6 is 22.9 Å². The summed E-state index contributed by atoms with van der Waals surface area (Å²) in [6.07, 6.45) is 0.229. The minimum absolute atomic E-state index is 0.0295. The zero-order chi connectivity index (χ0) is 28.2. The second-order valence-electron chi connectivity index (χ2n) is 13.0. The van der Waals surface area contributed by atoms with Crippen molar-refractivity contribution in [2.24, 2.45) is 17.6 Å². The number of amides is 2. The van der Waals surface area contributed by atoms with Crippen LogP contribution in [0.25, 0.3) is 0 Å². The Morgan fingerprint density at radius 1 is 1.08 bits per heavy atom. The van der Waals surface area contributed by atoms with Gasteiger partial charge >= 0.3 is 0 Å². The first-order chi connectivity index (χ1) is 17.6. The molecule has 4 rings (SSSR count). The maximum atomic E-state index is 14.0. The molecule has 1 aromatic heterocycles. The highest BCUT2D eigenvalue weighted by atomic mass is 35.5. The Balaban J connectivity index is 1.57. The maximum Gasteiger partial charge on any atom is 0.256 e. The number of fused-ring (bicyclic) bond motifs is 1. The second kappa shape index (κ2) is 10.3. The Morgan fingerprint density at radius 2 is 1.66 bits per heavy atom. The molecular weight excluding hydrogens is 516 g/mol. The van der Waals surface area contributed by atoms with Crippen molar-refractivity contribution in [2.75, 3.05) is 26.2 Å². The molecule has 2 amide bonds. The molecule has 204 valence electrons. The monoisotopic (exact) mass is 554 g/mol. The van der Waals surface area contributed by atoms with E-state index in [0.29, 0.717) is 41.1 Å². The standard InChI is InChI=1S/C30H39ClN4O2S/c1-17-8-9-18(10-22(17)31)23(11-24(33)36)34-13-19-15-35(16-20(19)14-34)28(37)25-21(12-32)26(29(2,3)4)38-27(25)30(5,6)7/h8-10,19-20,23H,11,13-16H2,1-7H3,(H2,33,36). The predicted molar refractivity (Wildman–Crippen MR) is 154 cm³/mol. The Morgan fingerprint density at radius 3 is 2.13 bits per heavy atom.